The van der Waals surface area contributed by atoms with E-state index >= 15 is 0 Å². The number of ether oxygens (including phenoxy) is 1. The second-order valence-electron chi connectivity index (χ2n) is 5.73. The summed E-state index contributed by atoms with van der Waals surface area (Å²) >= 11 is 6.09. The van der Waals surface area contributed by atoms with Crippen LogP contribution < -0.4 is 0 Å². The molecule has 1 N–H and O–H groups in total. The van der Waals surface area contributed by atoms with Crippen molar-refractivity contribution in [2.75, 3.05) is 26.8 Å². The van der Waals surface area contributed by atoms with Crippen molar-refractivity contribution >= 4 is 17.5 Å². The number of benzene rings is 1. The van der Waals surface area contributed by atoms with Crippen molar-refractivity contribution in [2.24, 2.45) is 5.92 Å². The van der Waals surface area contributed by atoms with E-state index in [-0.39, 0.29) is 11.8 Å². The predicted molar refractivity (Wildman–Crippen MR) is 82.6 cm³/mol. The van der Waals surface area contributed by atoms with Crippen LogP contribution in [0.5, 0.6) is 0 Å². The molecule has 0 radical (unpaired) electrons. The Morgan fingerprint density at radius 3 is 2.86 bits per heavy atom. The third kappa shape index (κ3) is 3.57. The number of piperidine rings is 1. The number of carbonyl (C=O) groups is 1. The lowest BCUT2D eigenvalue weighted by molar-refractivity contribution is -0.0750. The maximum atomic E-state index is 12.5. The monoisotopic (exact) mass is 311 g/mol. The Bertz CT molecular complexity index is 508. The van der Waals surface area contributed by atoms with Crippen LogP contribution in [0.4, 0.5) is 0 Å². The van der Waals surface area contributed by atoms with Crippen molar-refractivity contribution in [1.29, 1.82) is 0 Å². The SMILES string of the molecule is COCC[C@@]1(O)CCN(C(=O)c2ccccc2Cl)C[C@@H]1C. The van der Waals surface area contributed by atoms with Crippen LogP contribution in [-0.2, 0) is 4.74 Å². The molecule has 1 amide bonds. The molecule has 116 valence electrons. The lowest BCUT2D eigenvalue weighted by atomic mass is 9.79. The molecule has 1 fully saturated rings. The topological polar surface area (TPSA) is 49.8 Å². The van der Waals surface area contributed by atoms with E-state index in [0.29, 0.717) is 43.1 Å². The smallest absolute Gasteiger partial charge is 0.255 e. The van der Waals surface area contributed by atoms with Gasteiger partial charge in [0.2, 0.25) is 0 Å². The Kier molecular flexibility index (Phi) is 5.25. The quantitative estimate of drug-likeness (QED) is 0.930. The first-order valence-electron chi connectivity index (χ1n) is 7.23. The molecule has 1 saturated heterocycles. The van der Waals surface area contributed by atoms with E-state index in [1.165, 1.54) is 0 Å². The van der Waals surface area contributed by atoms with Crippen LogP contribution in [0.15, 0.2) is 24.3 Å². The molecule has 5 heteroatoms. The van der Waals surface area contributed by atoms with Crippen LogP contribution in [0.3, 0.4) is 0 Å². The minimum absolute atomic E-state index is 0.00726. The van der Waals surface area contributed by atoms with Gasteiger partial charge in [-0.2, -0.15) is 0 Å². The van der Waals surface area contributed by atoms with Crippen molar-refractivity contribution in [3.63, 3.8) is 0 Å². The lowest BCUT2D eigenvalue weighted by Gasteiger charge is -2.43. The molecule has 0 aliphatic carbocycles. The van der Waals surface area contributed by atoms with Gasteiger partial charge < -0.3 is 14.7 Å². The highest BCUT2D eigenvalue weighted by Gasteiger charge is 2.40. The normalized spacial score (nSPS) is 25.9. The Labute approximate surface area is 130 Å². The third-order valence-corrected chi connectivity index (χ3v) is 4.69. The summed E-state index contributed by atoms with van der Waals surface area (Å²) in [6, 6.07) is 7.07. The first-order valence-corrected chi connectivity index (χ1v) is 7.61. The molecule has 0 aromatic heterocycles. The maximum Gasteiger partial charge on any atom is 0.255 e. The second kappa shape index (κ2) is 6.77. The zero-order valence-electron chi connectivity index (χ0n) is 12.5. The predicted octanol–water partition coefficient (Wildman–Crippen LogP) is 2.59. The van der Waals surface area contributed by atoms with Crippen LogP contribution in [0.1, 0.15) is 30.1 Å². The molecule has 0 bridgehead atoms. The molecule has 1 aliphatic heterocycles. The zero-order chi connectivity index (χ0) is 15.5. The van der Waals surface area contributed by atoms with Crippen molar-refractivity contribution in [3.05, 3.63) is 34.9 Å². The molecule has 0 saturated carbocycles. The molecular formula is C16H22ClNO3. The van der Waals surface area contributed by atoms with Crippen LogP contribution in [0.25, 0.3) is 0 Å². The van der Waals surface area contributed by atoms with Gasteiger partial charge in [0.1, 0.15) is 0 Å². The average Bonchev–Trinajstić information content (AvgIpc) is 2.48. The van der Waals surface area contributed by atoms with Gasteiger partial charge in [-0.25, -0.2) is 0 Å². The molecule has 2 atom stereocenters. The lowest BCUT2D eigenvalue weighted by Crippen LogP contribution is -2.52. The number of hydrogen-bond acceptors (Lipinski definition) is 3. The van der Waals surface area contributed by atoms with Gasteiger partial charge >= 0.3 is 0 Å². The summed E-state index contributed by atoms with van der Waals surface area (Å²) in [5.41, 5.74) is -0.235. The number of rotatable bonds is 4. The molecule has 4 nitrogen and oxygen atoms in total. The van der Waals surface area contributed by atoms with Crippen molar-refractivity contribution in [3.8, 4) is 0 Å². The number of carbonyl (C=O) groups excluding carboxylic acids is 1. The zero-order valence-corrected chi connectivity index (χ0v) is 13.3. The van der Waals surface area contributed by atoms with Gasteiger partial charge in [0.15, 0.2) is 0 Å². The molecule has 1 heterocycles. The van der Waals surface area contributed by atoms with Crippen molar-refractivity contribution < 1.29 is 14.6 Å². The van der Waals surface area contributed by atoms with E-state index < -0.39 is 5.60 Å². The number of nitrogens with zero attached hydrogens (tertiary/aromatic N) is 1. The molecule has 21 heavy (non-hydrogen) atoms. The Balaban J connectivity index is 2.05. The Morgan fingerprint density at radius 1 is 1.52 bits per heavy atom. The summed E-state index contributed by atoms with van der Waals surface area (Å²) in [5.74, 6) is -0.0610. The fourth-order valence-corrected chi connectivity index (χ4v) is 3.02. The Morgan fingerprint density at radius 2 is 2.24 bits per heavy atom. The summed E-state index contributed by atoms with van der Waals surface area (Å²) in [6.07, 6.45) is 1.16. The molecule has 1 aliphatic rings. The van der Waals surface area contributed by atoms with Gasteiger partial charge in [-0.05, 0) is 25.0 Å². The molecule has 1 aromatic carbocycles. The highest BCUT2D eigenvalue weighted by atomic mass is 35.5. The van der Waals surface area contributed by atoms with Gasteiger partial charge in [0.25, 0.3) is 5.91 Å². The molecular weight excluding hydrogens is 290 g/mol. The largest absolute Gasteiger partial charge is 0.389 e. The number of likely N-dealkylation sites (tertiary alicyclic amines) is 1. The second-order valence-corrected chi connectivity index (χ2v) is 6.14. The minimum atomic E-state index is -0.757. The van der Waals surface area contributed by atoms with Crippen LogP contribution in [0, 0.1) is 5.92 Å². The number of hydrogen-bond donors (Lipinski definition) is 1. The molecule has 0 spiro atoms. The van der Waals surface area contributed by atoms with Crippen molar-refractivity contribution in [1.82, 2.24) is 4.90 Å². The fraction of sp³-hybridized carbons (Fsp3) is 0.562. The minimum Gasteiger partial charge on any atom is -0.389 e. The highest BCUT2D eigenvalue weighted by molar-refractivity contribution is 6.33. The van der Waals surface area contributed by atoms with E-state index in [0.717, 1.165) is 0 Å². The van der Waals surface area contributed by atoms with Gasteiger partial charge in [-0.15, -0.1) is 0 Å². The van der Waals surface area contributed by atoms with E-state index in [4.69, 9.17) is 16.3 Å². The van der Waals surface area contributed by atoms with Crippen molar-refractivity contribution in [2.45, 2.75) is 25.4 Å². The number of amides is 1. The standard InChI is InChI=1S/C16H22ClNO3/c1-12-11-18(9-7-16(12,20)8-10-21-2)15(19)13-5-3-4-6-14(13)17/h3-6,12,20H,7-11H2,1-2H3/t12-,16-/m0/s1. The Hall–Kier alpha value is -1.10. The summed E-state index contributed by atoms with van der Waals surface area (Å²) in [7, 11) is 1.63. The van der Waals surface area contributed by atoms with E-state index in [9.17, 15) is 9.90 Å². The van der Waals surface area contributed by atoms with Gasteiger partial charge in [0, 0.05) is 32.7 Å². The summed E-state index contributed by atoms with van der Waals surface area (Å²) < 4.78 is 5.06. The van der Waals surface area contributed by atoms with Gasteiger partial charge in [-0.3, -0.25) is 4.79 Å². The summed E-state index contributed by atoms with van der Waals surface area (Å²) in [6.45, 7) is 3.57. The number of aliphatic hydroxyl groups is 1. The highest BCUT2D eigenvalue weighted by Crippen LogP contribution is 2.32. The molecule has 0 unspecified atom stereocenters. The van der Waals surface area contributed by atoms with Gasteiger partial charge in [0.05, 0.1) is 16.2 Å². The van der Waals surface area contributed by atoms with Gasteiger partial charge in [-0.1, -0.05) is 30.7 Å². The van der Waals surface area contributed by atoms with E-state index in [2.05, 4.69) is 0 Å². The van der Waals surface area contributed by atoms with Crippen LogP contribution in [0.2, 0.25) is 5.02 Å². The third-order valence-electron chi connectivity index (χ3n) is 4.36. The summed E-state index contributed by atoms with van der Waals surface area (Å²) in [4.78, 5) is 14.3. The van der Waals surface area contributed by atoms with E-state index in [1.54, 1.807) is 36.3 Å². The van der Waals surface area contributed by atoms with Crippen LogP contribution >= 0.6 is 11.6 Å². The maximum absolute atomic E-state index is 12.5. The number of methoxy groups -OCH3 is 1. The first kappa shape index (κ1) is 16.3. The fourth-order valence-electron chi connectivity index (χ4n) is 2.81. The van der Waals surface area contributed by atoms with E-state index in [1.807, 2.05) is 6.92 Å². The average molecular weight is 312 g/mol. The first-order chi connectivity index (χ1) is 9.98. The van der Waals surface area contributed by atoms with Crippen LogP contribution in [-0.4, -0.2) is 48.3 Å². The molecule has 1 aromatic rings. The number of halogens is 1. The summed E-state index contributed by atoms with van der Waals surface area (Å²) in [5, 5.41) is 11.1. The molecule has 2 rings (SSSR count).